The predicted molar refractivity (Wildman–Crippen MR) is 83.6 cm³/mol. The SMILES string of the molecule is CC(C)C(=O)C(=O)N1CCC(Nc2cc(C(N)=O)ncn2)CC1. The van der Waals surface area contributed by atoms with Crippen LogP contribution in [-0.4, -0.2) is 51.6 Å². The normalized spacial score (nSPS) is 15.5. The van der Waals surface area contributed by atoms with Crippen LogP contribution >= 0.6 is 0 Å². The predicted octanol–water partition coefficient (Wildman–Crippen LogP) is 0.204. The molecule has 1 aliphatic heterocycles. The van der Waals surface area contributed by atoms with E-state index < -0.39 is 11.8 Å². The summed E-state index contributed by atoms with van der Waals surface area (Å²) in [7, 11) is 0. The molecular formula is C15H21N5O3. The van der Waals surface area contributed by atoms with E-state index in [0.717, 1.165) is 0 Å². The number of hydrogen-bond donors (Lipinski definition) is 2. The average molecular weight is 319 g/mol. The van der Waals surface area contributed by atoms with Gasteiger partial charge >= 0.3 is 0 Å². The molecular weight excluding hydrogens is 298 g/mol. The van der Waals surface area contributed by atoms with Gasteiger partial charge in [-0.2, -0.15) is 0 Å². The molecule has 0 atom stereocenters. The lowest BCUT2D eigenvalue weighted by Crippen LogP contribution is -2.46. The first kappa shape index (κ1) is 16.9. The fourth-order valence-corrected chi connectivity index (χ4v) is 2.41. The summed E-state index contributed by atoms with van der Waals surface area (Å²) in [6.45, 7) is 4.48. The number of anilines is 1. The molecule has 3 N–H and O–H groups in total. The number of piperidine rings is 1. The Kier molecular flexibility index (Phi) is 5.25. The summed E-state index contributed by atoms with van der Waals surface area (Å²) in [4.78, 5) is 44.3. The quantitative estimate of drug-likeness (QED) is 0.749. The first-order valence-electron chi connectivity index (χ1n) is 7.60. The van der Waals surface area contributed by atoms with Gasteiger partial charge in [0.2, 0.25) is 5.78 Å². The Morgan fingerprint density at radius 3 is 2.48 bits per heavy atom. The molecule has 8 heteroatoms. The summed E-state index contributed by atoms with van der Waals surface area (Å²) in [5, 5.41) is 3.21. The van der Waals surface area contributed by atoms with E-state index in [-0.39, 0.29) is 23.4 Å². The zero-order valence-electron chi connectivity index (χ0n) is 13.3. The second-order valence-electron chi connectivity index (χ2n) is 5.88. The van der Waals surface area contributed by atoms with Crippen LogP contribution in [0.15, 0.2) is 12.4 Å². The van der Waals surface area contributed by atoms with Crippen molar-refractivity contribution in [1.29, 1.82) is 0 Å². The molecule has 8 nitrogen and oxygen atoms in total. The maximum Gasteiger partial charge on any atom is 0.290 e. The standard InChI is InChI=1S/C15H21N5O3/c1-9(2)13(21)15(23)20-5-3-10(4-6-20)19-12-7-11(14(16)22)17-8-18-12/h7-10H,3-6H2,1-2H3,(H2,16,22)(H,17,18,19). The van der Waals surface area contributed by atoms with Crippen molar-refractivity contribution >= 4 is 23.4 Å². The number of hydrogen-bond acceptors (Lipinski definition) is 6. The molecule has 1 fully saturated rings. The average Bonchev–Trinajstić information content (AvgIpc) is 2.54. The molecule has 1 saturated heterocycles. The molecule has 0 radical (unpaired) electrons. The van der Waals surface area contributed by atoms with Gasteiger partial charge in [-0.25, -0.2) is 9.97 Å². The summed E-state index contributed by atoms with van der Waals surface area (Å²) in [6, 6.07) is 1.62. The third kappa shape index (κ3) is 4.24. The fourth-order valence-electron chi connectivity index (χ4n) is 2.41. The third-order valence-electron chi connectivity index (χ3n) is 3.79. The van der Waals surface area contributed by atoms with E-state index in [4.69, 9.17) is 5.73 Å². The van der Waals surface area contributed by atoms with Crippen molar-refractivity contribution in [2.75, 3.05) is 18.4 Å². The summed E-state index contributed by atoms with van der Waals surface area (Å²) < 4.78 is 0. The molecule has 0 saturated carbocycles. The number of carbonyl (C=O) groups is 3. The first-order chi connectivity index (χ1) is 10.9. The lowest BCUT2D eigenvalue weighted by Gasteiger charge is -2.32. The van der Waals surface area contributed by atoms with Gasteiger partial charge in [-0.1, -0.05) is 13.8 Å². The van der Waals surface area contributed by atoms with Crippen LogP contribution in [0, 0.1) is 5.92 Å². The molecule has 0 aromatic carbocycles. The Labute approximate surface area is 134 Å². The van der Waals surface area contributed by atoms with Gasteiger partial charge in [0.05, 0.1) is 0 Å². The van der Waals surface area contributed by atoms with Crippen molar-refractivity contribution in [2.24, 2.45) is 11.7 Å². The molecule has 1 aromatic heterocycles. The van der Waals surface area contributed by atoms with Crippen LogP contribution in [0.1, 0.15) is 37.2 Å². The monoisotopic (exact) mass is 319 g/mol. The van der Waals surface area contributed by atoms with Gasteiger partial charge in [0.25, 0.3) is 11.8 Å². The van der Waals surface area contributed by atoms with Crippen LogP contribution in [0.4, 0.5) is 5.82 Å². The summed E-state index contributed by atoms with van der Waals surface area (Å²) in [5.41, 5.74) is 5.34. The summed E-state index contributed by atoms with van der Waals surface area (Å²) >= 11 is 0. The molecule has 0 bridgehead atoms. The van der Waals surface area contributed by atoms with Crippen molar-refractivity contribution in [3.05, 3.63) is 18.1 Å². The first-order valence-corrected chi connectivity index (χ1v) is 7.60. The van der Waals surface area contributed by atoms with Gasteiger partial charge in [0.15, 0.2) is 0 Å². The second-order valence-corrected chi connectivity index (χ2v) is 5.88. The molecule has 2 rings (SSSR count). The van der Waals surface area contributed by atoms with Crippen molar-refractivity contribution in [3.63, 3.8) is 0 Å². The number of Topliss-reactive ketones (excluding diaryl/α,β-unsaturated/α-hetero) is 1. The number of aromatic nitrogens is 2. The zero-order valence-corrected chi connectivity index (χ0v) is 13.3. The molecule has 0 unspecified atom stereocenters. The molecule has 1 aromatic rings. The molecule has 0 spiro atoms. The largest absolute Gasteiger partial charge is 0.367 e. The Bertz CT molecular complexity index is 609. The van der Waals surface area contributed by atoms with Gasteiger partial charge in [-0.3, -0.25) is 14.4 Å². The zero-order chi connectivity index (χ0) is 17.0. The van der Waals surface area contributed by atoms with Crippen LogP contribution in [0.25, 0.3) is 0 Å². The fraction of sp³-hybridized carbons (Fsp3) is 0.533. The number of nitrogens with zero attached hydrogens (tertiary/aromatic N) is 3. The Hall–Kier alpha value is -2.51. The second kappa shape index (κ2) is 7.17. The number of nitrogens with two attached hydrogens (primary N) is 1. The van der Waals surface area contributed by atoms with Crippen LogP contribution in [0.3, 0.4) is 0 Å². The minimum atomic E-state index is -0.608. The van der Waals surface area contributed by atoms with Crippen LogP contribution in [0.2, 0.25) is 0 Å². The number of likely N-dealkylation sites (tertiary alicyclic amines) is 1. The van der Waals surface area contributed by atoms with E-state index in [1.54, 1.807) is 18.7 Å². The molecule has 124 valence electrons. The van der Waals surface area contributed by atoms with E-state index in [9.17, 15) is 14.4 Å². The highest BCUT2D eigenvalue weighted by molar-refractivity contribution is 6.36. The minimum absolute atomic E-state index is 0.115. The number of ketones is 1. The molecule has 2 heterocycles. The number of rotatable bonds is 5. The van der Waals surface area contributed by atoms with E-state index in [1.807, 2.05) is 0 Å². The topological polar surface area (TPSA) is 118 Å². The number of nitrogens with one attached hydrogen (secondary N) is 1. The Morgan fingerprint density at radius 1 is 1.26 bits per heavy atom. The van der Waals surface area contributed by atoms with Crippen LogP contribution in [-0.2, 0) is 9.59 Å². The lowest BCUT2D eigenvalue weighted by molar-refractivity contribution is -0.146. The van der Waals surface area contributed by atoms with Gasteiger partial charge < -0.3 is 16.0 Å². The van der Waals surface area contributed by atoms with Gasteiger partial charge in [0, 0.05) is 31.1 Å². The van der Waals surface area contributed by atoms with Gasteiger partial charge in [0.1, 0.15) is 17.8 Å². The maximum absolute atomic E-state index is 12.0. The highest BCUT2D eigenvalue weighted by atomic mass is 16.2. The third-order valence-corrected chi connectivity index (χ3v) is 3.79. The van der Waals surface area contributed by atoms with Crippen molar-refractivity contribution in [2.45, 2.75) is 32.7 Å². The molecule has 0 aliphatic carbocycles. The van der Waals surface area contributed by atoms with Crippen molar-refractivity contribution in [1.82, 2.24) is 14.9 Å². The van der Waals surface area contributed by atoms with Crippen LogP contribution in [0.5, 0.6) is 0 Å². The molecule has 2 amide bonds. The summed E-state index contributed by atoms with van der Waals surface area (Å²) in [6.07, 6.45) is 2.68. The lowest BCUT2D eigenvalue weighted by atomic mass is 10.0. The van der Waals surface area contributed by atoms with Crippen molar-refractivity contribution < 1.29 is 14.4 Å². The van der Waals surface area contributed by atoms with E-state index in [0.29, 0.717) is 31.7 Å². The van der Waals surface area contributed by atoms with E-state index in [1.165, 1.54) is 12.4 Å². The minimum Gasteiger partial charge on any atom is -0.367 e. The molecule has 23 heavy (non-hydrogen) atoms. The van der Waals surface area contributed by atoms with Crippen molar-refractivity contribution in [3.8, 4) is 0 Å². The smallest absolute Gasteiger partial charge is 0.290 e. The summed E-state index contributed by atoms with van der Waals surface area (Å²) in [5.74, 6) is -1.12. The van der Waals surface area contributed by atoms with E-state index >= 15 is 0 Å². The Balaban J connectivity index is 1.90. The number of amides is 2. The van der Waals surface area contributed by atoms with Gasteiger partial charge in [-0.05, 0) is 12.8 Å². The maximum atomic E-state index is 12.0. The molecule has 1 aliphatic rings. The van der Waals surface area contributed by atoms with Crippen LogP contribution < -0.4 is 11.1 Å². The highest BCUT2D eigenvalue weighted by Gasteiger charge is 2.28. The number of primary amides is 1. The Morgan fingerprint density at radius 2 is 1.91 bits per heavy atom. The van der Waals surface area contributed by atoms with E-state index in [2.05, 4.69) is 15.3 Å². The highest BCUT2D eigenvalue weighted by Crippen LogP contribution is 2.16. The number of carbonyl (C=O) groups excluding carboxylic acids is 3. The van der Waals surface area contributed by atoms with Gasteiger partial charge in [-0.15, -0.1) is 0 Å².